The van der Waals surface area contributed by atoms with Crippen molar-refractivity contribution in [3.8, 4) is 0 Å². The van der Waals surface area contributed by atoms with Gasteiger partial charge >= 0.3 is 0 Å². The van der Waals surface area contributed by atoms with E-state index in [9.17, 15) is 4.79 Å². The van der Waals surface area contributed by atoms with Crippen molar-refractivity contribution in [3.05, 3.63) is 52.8 Å². The van der Waals surface area contributed by atoms with Gasteiger partial charge in [0.25, 0.3) is 5.91 Å². The van der Waals surface area contributed by atoms with Crippen LogP contribution in [0.2, 0.25) is 0 Å². The first kappa shape index (κ1) is 17.0. The summed E-state index contributed by atoms with van der Waals surface area (Å²) < 4.78 is 0. The number of rotatable bonds is 5. The summed E-state index contributed by atoms with van der Waals surface area (Å²) in [7, 11) is 0. The van der Waals surface area contributed by atoms with E-state index in [2.05, 4.69) is 48.5 Å². The molecule has 0 bridgehead atoms. The quantitative estimate of drug-likeness (QED) is 0.866. The zero-order valence-corrected chi connectivity index (χ0v) is 14.5. The van der Waals surface area contributed by atoms with E-state index >= 15 is 0 Å². The van der Waals surface area contributed by atoms with E-state index in [1.807, 2.05) is 19.9 Å². The van der Waals surface area contributed by atoms with Crippen molar-refractivity contribution in [2.45, 2.75) is 47.1 Å². The first-order chi connectivity index (χ1) is 10.9. The van der Waals surface area contributed by atoms with Crippen LogP contribution in [0.4, 0.5) is 11.4 Å². The van der Waals surface area contributed by atoms with Gasteiger partial charge in [0.15, 0.2) is 0 Å². The molecule has 1 amide bonds. The van der Waals surface area contributed by atoms with E-state index in [-0.39, 0.29) is 11.9 Å². The molecule has 0 fully saturated rings. The second-order valence-corrected chi connectivity index (χ2v) is 6.14. The van der Waals surface area contributed by atoms with Crippen molar-refractivity contribution in [1.82, 2.24) is 10.3 Å². The monoisotopic (exact) mass is 311 g/mol. The Morgan fingerprint density at radius 3 is 2.39 bits per heavy atom. The third-order valence-corrected chi connectivity index (χ3v) is 3.94. The van der Waals surface area contributed by atoms with Gasteiger partial charge in [0.2, 0.25) is 0 Å². The van der Waals surface area contributed by atoms with Gasteiger partial charge in [0.1, 0.15) is 0 Å². The smallest absolute Gasteiger partial charge is 0.253 e. The molecule has 4 nitrogen and oxygen atoms in total. The summed E-state index contributed by atoms with van der Waals surface area (Å²) >= 11 is 0. The molecule has 2 N–H and O–H groups in total. The SMILES string of the molecule is CCC(C)NC(=O)c1cncc(Nc2c(C)cc(C)cc2C)c1. The molecule has 0 saturated heterocycles. The molecule has 1 aromatic heterocycles. The van der Waals surface area contributed by atoms with Crippen LogP contribution in [0.15, 0.2) is 30.6 Å². The number of nitrogens with one attached hydrogen (secondary N) is 2. The molecule has 0 radical (unpaired) electrons. The highest BCUT2D eigenvalue weighted by molar-refractivity contribution is 5.95. The van der Waals surface area contributed by atoms with E-state index in [0.717, 1.165) is 17.8 Å². The Balaban J connectivity index is 2.22. The number of hydrogen-bond donors (Lipinski definition) is 2. The van der Waals surface area contributed by atoms with Gasteiger partial charge in [-0.25, -0.2) is 0 Å². The van der Waals surface area contributed by atoms with Gasteiger partial charge in [-0.3, -0.25) is 9.78 Å². The number of anilines is 2. The van der Waals surface area contributed by atoms with Crippen molar-refractivity contribution < 1.29 is 4.79 Å². The molecule has 0 aliphatic heterocycles. The molecular weight excluding hydrogens is 286 g/mol. The molecule has 23 heavy (non-hydrogen) atoms. The minimum absolute atomic E-state index is 0.0900. The van der Waals surface area contributed by atoms with Gasteiger partial charge in [-0.2, -0.15) is 0 Å². The van der Waals surface area contributed by atoms with E-state index in [1.54, 1.807) is 12.4 Å². The molecule has 122 valence electrons. The molecule has 0 aliphatic rings. The number of carbonyl (C=O) groups excluding carboxylic acids is 1. The molecule has 0 saturated carbocycles. The minimum Gasteiger partial charge on any atom is -0.354 e. The van der Waals surface area contributed by atoms with Crippen molar-refractivity contribution >= 4 is 17.3 Å². The molecule has 1 aromatic carbocycles. The fourth-order valence-corrected chi connectivity index (χ4v) is 2.56. The second kappa shape index (κ2) is 7.27. The molecule has 2 aromatic rings. The average molecular weight is 311 g/mol. The number of carbonyl (C=O) groups is 1. The first-order valence-electron chi connectivity index (χ1n) is 8.01. The van der Waals surface area contributed by atoms with E-state index in [4.69, 9.17) is 0 Å². The van der Waals surface area contributed by atoms with E-state index < -0.39 is 0 Å². The third-order valence-electron chi connectivity index (χ3n) is 3.94. The third kappa shape index (κ3) is 4.31. The molecule has 1 heterocycles. The maximum atomic E-state index is 12.2. The molecule has 4 heteroatoms. The lowest BCUT2D eigenvalue weighted by molar-refractivity contribution is 0.0939. The summed E-state index contributed by atoms with van der Waals surface area (Å²) in [6.07, 6.45) is 4.23. The first-order valence-corrected chi connectivity index (χ1v) is 8.01. The number of hydrogen-bond acceptors (Lipinski definition) is 3. The Morgan fingerprint density at radius 2 is 1.78 bits per heavy atom. The Morgan fingerprint density at radius 1 is 1.13 bits per heavy atom. The molecule has 2 rings (SSSR count). The standard InChI is InChI=1S/C19H25N3O/c1-6-15(5)21-19(23)16-9-17(11-20-10-16)22-18-13(3)7-12(2)8-14(18)4/h7-11,15,22H,6H2,1-5H3,(H,21,23). The van der Waals surface area contributed by atoms with E-state index in [0.29, 0.717) is 5.56 Å². The highest BCUT2D eigenvalue weighted by atomic mass is 16.1. The predicted octanol–water partition coefficient (Wildman–Crippen LogP) is 4.28. The van der Waals surface area contributed by atoms with Crippen molar-refractivity contribution in [3.63, 3.8) is 0 Å². The summed E-state index contributed by atoms with van der Waals surface area (Å²) in [4.78, 5) is 16.4. The molecule has 0 spiro atoms. The minimum atomic E-state index is -0.0900. The number of aromatic nitrogens is 1. The van der Waals surface area contributed by atoms with Crippen LogP contribution in [0.5, 0.6) is 0 Å². The van der Waals surface area contributed by atoms with Crippen LogP contribution in [0.3, 0.4) is 0 Å². The van der Waals surface area contributed by atoms with Gasteiger partial charge in [-0.15, -0.1) is 0 Å². The van der Waals surface area contributed by atoms with Crippen LogP contribution in [-0.2, 0) is 0 Å². The number of amides is 1. The average Bonchev–Trinajstić information content (AvgIpc) is 2.51. The Bertz CT molecular complexity index is 687. The fourth-order valence-electron chi connectivity index (χ4n) is 2.56. The Labute approximate surface area is 138 Å². The second-order valence-electron chi connectivity index (χ2n) is 6.14. The van der Waals surface area contributed by atoms with Crippen LogP contribution in [0.1, 0.15) is 47.3 Å². The molecule has 0 aliphatic carbocycles. The Hall–Kier alpha value is -2.36. The number of pyridine rings is 1. The maximum Gasteiger partial charge on any atom is 0.253 e. The number of aryl methyl sites for hydroxylation is 3. The summed E-state index contributed by atoms with van der Waals surface area (Å²) in [5.41, 5.74) is 6.05. The normalized spacial score (nSPS) is 11.9. The number of nitrogens with zero attached hydrogens (tertiary/aromatic N) is 1. The van der Waals surface area contributed by atoms with Crippen molar-refractivity contribution in [2.75, 3.05) is 5.32 Å². The van der Waals surface area contributed by atoms with Crippen LogP contribution >= 0.6 is 0 Å². The van der Waals surface area contributed by atoms with Gasteiger partial charge < -0.3 is 10.6 Å². The van der Waals surface area contributed by atoms with Crippen molar-refractivity contribution in [1.29, 1.82) is 0 Å². The molecule has 1 unspecified atom stereocenters. The lowest BCUT2D eigenvalue weighted by atomic mass is 10.0. The molecular formula is C19H25N3O. The highest BCUT2D eigenvalue weighted by Gasteiger charge is 2.11. The van der Waals surface area contributed by atoms with Crippen LogP contribution < -0.4 is 10.6 Å². The zero-order chi connectivity index (χ0) is 17.0. The lowest BCUT2D eigenvalue weighted by Crippen LogP contribution is -2.31. The lowest BCUT2D eigenvalue weighted by Gasteiger charge is -2.15. The largest absolute Gasteiger partial charge is 0.354 e. The van der Waals surface area contributed by atoms with Crippen LogP contribution in [-0.4, -0.2) is 16.9 Å². The van der Waals surface area contributed by atoms with Crippen LogP contribution in [0, 0.1) is 20.8 Å². The van der Waals surface area contributed by atoms with Crippen molar-refractivity contribution in [2.24, 2.45) is 0 Å². The maximum absolute atomic E-state index is 12.2. The fraction of sp³-hybridized carbons (Fsp3) is 0.368. The van der Waals surface area contributed by atoms with Gasteiger partial charge in [-0.1, -0.05) is 24.6 Å². The summed E-state index contributed by atoms with van der Waals surface area (Å²) in [5.74, 6) is -0.0900. The van der Waals surface area contributed by atoms with Gasteiger partial charge in [-0.05, 0) is 51.3 Å². The van der Waals surface area contributed by atoms with Crippen LogP contribution in [0.25, 0.3) is 0 Å². The Kier molecular flexibility index (Phi) is 5.37. The summed E-state index contributed by atoms with van der Waals surface area (Å²) in [6, 6.07) is 6.27. The molecule has 1 atom stereocenters. The summed E-state index contributed by atoms with van der Waals surface area (Å²) in [6.45, 7) is 10.3. The van der Waals surface area contributed by atoms with Gasteiger partial charge in [0.05, 0.1) is 17.4 Å². The topological polar surface area (TPSA) is 54.0 Å². The van der Waals surface area contributed by atoms with E-state index in [1.165, 1.54) is 16.7 Å². The summed E-state index contributed by atoms with van der Waals surface area (Å²) in [5, 5.41) is 6.35. The zero-order valence-electron chi connectivity index (χ0n) is 14.5. The predicted molar refractivity (Wildman–Crippen MR) is 95.4 cm³/mol. The highest BCUT2D eigenvalue weighted by Crippen LogP contribution is 2.25. The van der Waals surface area contributed by atoms with Gasteiger partial charge in [0, 0.05) is 17.9 Å². The number of benzene rings is 1.